The first-order valence-electron chi connectivity index (χ1n) is 7.28. The van der Waals surface area contributed by atoms with E-state index in [9.17, 15) is 9.59 Å². The molecule has 0 aromatic heterocycles. The summed E-state index contributed by atoms with van der Waals surface area (Å²) in [7, 11) is 0. The molecule has 1 aliphatic rings. The molecule has 1 aromatic carbocycles. The minimum absolute atomic E-state index is 0.0803. The first-order chi connectivity index (χ1) is 10.1. The fraction of sp³-hybridized carbons (Fsp3) is 0.500. The number of rotatable bonds is 4. The maximum Gasteiger partial charge on any atom is 0.511 e. The van der Waals surface area contributed by atoms with Gasteiger partial charge in [-0.1, -0.05) is 24.6 Å². The molecule has 0 heterocycles. The maximum absolute atomic E-state index is 11.8. The summed E-state index contributed by atoms with van der Waals surface area (Å²) in [5.41, 5.74) is 0.411. The summed E-state index contributed by atoms with van der Waals surface area (Å²) in [4.78, 5) is 23.4. The van der Waals surface area contributed by atoms with Crippen molar-refractivity contribution in [2.75, 3.05) is 0 Å². The summed E-state index contributed by atoms with van der Waals surface area (Å²) in [5.74, 6) is -0.534. The Kier molecular flexibility index (Phi) is 5.60. The van der Waals surface area contributed by atoms with Gasteiger partial charge in [-0.3, -0.25) is 0 Å². The van der Waals surface area contributed by atoms with Crippen molar-refractivity contribution in [1.82, 2.24) is 0 Å². The lowest BCUT2D eigenvalue weighted by Crippen LogP contribution is -2.26. The molecule has 5 nitrogen and oxygen atoms in total. The van der Waals surface area contributed by atoms with Gasteiger partial charge in [0.05, 0.1) is 5.56 Å². The summed E-state index contributed by atoms with van der Waals surface area (Å²) in [5, 5.41) is 0. The first-order valence-corrected chi connectivity index (χ1v) is 7.28. The molecule has 5 heteroatoms. The fourth-order valence-electron chi connectivity index (χ4n) is 2.30. The van der Waals surface area contributed by atoms with Crippen LogP contribution in [0.2, 0.25) is 0 Å². The zero-order valence-corrected chi connectivity index (χ0v) is 12.1. The molecule has 0 saturated heterocycles. The molecular formula is C16H20O5. The monoisotopic (exact) mass is 292 g/mol. The van der Waals surface area contributed by atoms with Gasteiger partial charge in [-0.05, 0) is 37.8 Å². The Morgan fingerprint density at radius 2 is 1.71 bits per heavy atom. The van der Waals surface area contributed by atoms with Crippen LogP contribution in [0.5, 0.6) is 0 Å². The van der Waals surface area contributed by atoms with Gasteiger partial charge in [0, 0.05) is 6.92 Å². The molecule has 1 saturated carbocycles. The van der Waals surface area contributed by atoms with E-state index < -0.39 is 18.4 Å². The second kappa shape index (κ2) is 7.67. The van der Waals surface area contributed by atoms with Gasteiger partial charge in [-0.25, -0.2) is 9.59 Å². The molecule has 1 fully saturated rings. The van der Waals surface area contributed by atoms with E-state index >= 15 is 0 Å². The highest BCUT2D eigenvalue weighted by molar-refractivity contribution is 5.89. The van der Waals surface area contributed by atoms with Crippen LogP contribution in [0.4, 0.5) is 4.79 Å². The van der Waals surface area contributed by atoms with Gasteiger partial charge in [0.1, 0.15) is 6.10 Å². The van der Waals surface area contributed by atoms with Gasteiger partial charge in [0.2, 0.25) is 6.29 Å². The van der Waals surface area contributed by atoms with Crippen LogP contribution < -0.4 is 0 Å². The first kappa shape index (κ1) is 15.4. The Morgan fingerprint density at radius 1 is 1.05 bits per heavy atom. The van der Waals surface area contributed by atoms with E-state index in [0.29, 0.717) is 5.56 Å². The average molecular weight is 292 g/mol. The van der Waals surface area contributed by atoms with E-state index in [2.05, 4.69) is 0 Å². The number of carbonyl (C=O) groups excluding carboxylic acids is 2. The molecule has 1 atom stereocenters. The van der Waals surface area contributed by atoms with Crippen molar-refractivity contribution in [2.24, 2.45) is 0 Å². The Hall–Kier alpha value is -2.04. The van der Waals surface area contributed by atoms with Crippen LogP contribution in [0.15, 0.2) is 30.3 Å². The summed E-state index contributed by atoms with van der Waals surface area (Å²) < 4.78 is 15.2. The normalized spacial score (nSPS) is 16.8. The number of hydrogen-bond acceptors (Lipinski definition) is 5. The van der Waals surface area contributed by atoms with Gasteiger partial charge in [-0.15, -0.1) is 0 Å². The third-order valence-corrected chi connectivity index (χ3v) is 3.36. The topological polar surface area (TPSA) is 61.8 Å². The minimum Gasteiger partial charge on any atom is -0.431 e. The van der Waals surface area contributed by atoms with E-state index in [1.54, 1.807) is 30.3 Å². The standard InChI is InChI=1S/C16H20O5/c1-12(19-15(17)13-8-4-2-5-9-13)20-16(18)21-14-10-6-3-7-11-14/h2,4-5,8-9,12,14H,3,6-7,10-11H2,1H3. The molecule has 2 rings (SSSR count). The molecule has 0 aliphatic heterocycles. The number of carbonyl (C=O) groups is 2. The van der Waals surface area contributed by atoms with Crippen molar-refractivity contribution in [1.29, 1.82) is 0 Å². The Bertz CT molecular complexity index is 465. The van der Waals surface area contributed by atoms with Crippen molar-refractivity contribution >= 4 is 12.1 Å². The molecule has 0 spiro atoms. The van der Waals surface area contributed by atoms with Gasteiger partial charge in [0.15, 0.2) is 0 Å². The molecule has 1 unspecified atom stereocenters. The number of ether oxygens (including phenoxy) is 3. The summed E-state index contributed by atoms with van der Waals surface area (Å²) in [6, 6.07) is 8.54. The largest absolute Gasteiger partial charge is 0.511 e. The quantitative estimate of drug-likeness (QED) is 0.626. The lowest BCUT2D eigenvalue weighted by Gasteiger charge is -2.22. The van der Waals surface area contributed by atoms with Crippen LogP contribution in [-0.2, 0) is 14.2 Å². The van der Waals surface area contributed by atoms with E-state index in [1.165, 1.54) is 13.3 Å². The fourth-order valence-corrected chi connectivity index (χ4v) is 2.30. The highest BCUT2D eigenvalue weighted by Crippen LogP contribution is 2.20. The van der Waals surface area contributed by atoms with Crippen LogP contribution >= 0.6 is 0 Å². The smallest absolute Gasteiger partial charge is 0.431 e. The van der Waals surface area contributed by atoms with Crippen LogP contribution in [0.3, 0.4) is 0 Å². The number of esters is 1. The second-order valence-electron chi connectivity index (χ2n) is 5.08. The SMILES string of the molecule is CC(OC(=O)OC1CCCCC1)OC(=O)c1ccccc1. The van der Waals surface area contributed by atoms with E-state index in [1.807, 2.05) is 0 Å². The van der Waals surface area contributed by atoms with Gasteiger partial charge in [0.25, 0.3) is 0 Å². The second-order valence-corrected chi connectivity index (χ2v) is 5.08. The molecular weight excluding hydrogens is 272 g/mol. The Morgan fingerprint density at radius 3 is 2.38 bits per heavy atom. The zero-order valence-electron chi connectivity index (χ0n) is 12.1. The molecule has 0 bridgehead atoms. The van der Waals surface area contributed by atoms with Crippen LogP contribution in [-0.4, -0.2) is 24.5 Å². The van der Waals surface area contributed by atoms with Gasteiger partial charge in [-0.2, -0.15) is 0 Å². The third kappa shape index (κ3) is 5.10. The van der Waals surface area contributed by atoms with Crippen LogP contribution in [0.25, 0.3) is 0 Å². The van der Waals surface area contributed by atoms with E-state index in [-0.39, 0.29) is 6.10 Å². The molecule has 1 aliphatic carbocycles. The van der Waals surface area contributed by atoms with Crippen molar-refractivity contribution in [3.05, 3.63) is 35.9 Å². The van der Waals surface area contributed by atoms with Crippen molar-refractivity contribution in [3.8, 4) is 0 Å². The van der Waals surface area contributed by atoms with Gasteiger partial charge >= 0.3 is 12.1 Å². The van der Waals surface area contributed by atoms with E-state index in [0.717, 1.165) is 25.7 Å². The summed E-state index contributed by atoms with van der Waals surface area (Å²) in [6.45, 7) is 1.49. The molecule has 0 amide bonds. The summed E-state index contributed by atoms with van der Waals surface area (Å²) >= 11 is 0. The third-order valence-electron chi connectivity index (χ3n) is 3.36. The zero-order chi connectivity index (χ0) is 15.1. The lowest BCUT2D eigenvalue weighted by molar-refractivity contribution is -0.0914. The Balaban J connectivity index is 1.74. The highest BCUT2D eigenvalue weighted by Gasteiger charge is 2.21. The molecule has 0 N–H and O–H groups in total. The predicted octanol–water partition coefficient (Wildman–Crippen LogP) is 3.68. The van der Waals surface area contributed by atoms with Crippen molar-refractivity contribution in [3.63, 3.8) is 0 Å². The minimum atomic E-state index is -0.978. The average Bonchev–Trinajstić information content (AvgIpc) is 2.48. The Labute approximate surface area is 124 Å². The summed E-state index contributed by atoms with van der Waals surface area (Å²) in [6.07, 6.45) is 3.21. The maximum atomic E-state index is 11.8. The van der Waals surface area contributed by atoms with Crippen LogP contribution in [0, 0.1) is 0 Å². The van der Waals surface area contributed by atoms with E-state index in [4.69, 9.17) is 14.2 Å². The van der Waals surface area contributed by atoms with Gasteiger partial charge < -0.3 is 14.2 Å². The highest BCUT2D eigenvalue weighted by atomic mass is 16.8. The number of hydrogen-bond donors (Lipinski definition) is 0. The predicted molar refractivity (Wildman–Crippen MR) is 75.8 cm³/mol. The van der Waals surface area contributed by atoms with Crippen molar-refractivity contribution in [2.45, 2.75) is 51.4 Å². The number of benzene rings is 1. The molecule has 114 valence electrons. The molecule has 1 aromatic rings. The molecule has 21 heavy (non-hydrogen) atoms. The van der Waals surface area contributed by atoms with Crippen LogP contribution in [0.1, 0.15) is 49.4 Å². The van der Waals surface area contributed by atoms with Crippen molar-refractivity contribution < 1.29 is 23.8 Å². The lowest BCUT2D eigenvalue weighted by atomic mass is 9.98. The molecule has 0 radical (unpaired) electrons.